The first-order valence-corrected chi connectivity index (χ1v) is 6.39. The number of carbonyl (C=O) groups excluding carboxylic acids is 1. The van der Waals surface area contributed by atoms with Crippen molar-refractivity contribution in [3.8, 4) is 0 Å². The molecule has 0 aromatic heterocycles. The molecule has 1 rings (SSSR count). The minimum Gasteiger partial charge on any atom is -0.343 e. The Bertz CT molecular complexity index is 454. The zero-order valence-corrected chi connectivity index (χ0v) is 11.6. The Morgan fingerprint density at radius 2 is 1.94 bits per heavy atom. The second kappa shape index (κ2) is 6.44. The molecule has 96 valence electrons. The molecule has 0 aliphatic heterocycles. The van der Waals surface area contributed by atoms with Gasteiger partial charge in [-0.15, -0.1) is 5.73 Å². The molecule has 0 aliphatic carbocycles. The average molecular weight is 264 g/mol. The van der Waals surface area contributed by atoms with Crippen LogP contribution < -0.4 is 5.32 Å². The highest BCUT2D eigenvalue weighted by Gasteiger charge is 2.29. The molecule has 0 aliphatic rings. The molecule has 1 N–H and O–H groups in total. The maximum atomic E-state index is 11.7. The molecule has 0 spiro atoms. The monoisotopic (exact) mass is 263 g/mol. The van der Waals surface area contributed by atoms with Gasteiger partial charge in [0.25, 0.3) is 5.91 Å². The molecule has 0 saturated carbocycles. The lowest BCUT2D eigenvalue weighted by molar-refractivity contribution is -0.118. The van der Waals surface area contributed by atoms with Crippen molar-refractivity contribution in [2.24, 2.45) is 0 Å². The lowest BCUT2D eigenvalue weighted by Gasteiger charge is -2.33. The van der Waals surface area contributed by atoms with Crippen LogP contribution in [0.15, 0.2) is 42.7 Å². The van der Waals surface area contributed by atoms with E-state index in [-0.39, 0.29) is 11.4 Å². The van der Waals surface area contributed by atoms with Crippen LogP contribution >= 0.6 is 11.6 Å². The minimum atomic E-state index is -0.366. The fourth-order valence-corrected chi connectivity index (χ4v) is 2.17. The maximum absolute atomic E-state index is 11.7. The number of rotatable bonds is 5. The van der Waals surface area contributed by atoms with Crippen LogP contribution in [-0.2, 0) is 10.3 Å². The number of halogens is 1. The first-order chi connectivity index (χ1) is 8.57. The molecular weight excluding hydrogens is 246 g/mol. The van der Waals surface area contributed by atoms with E-state index in [4.69, 9.17) is 11.6 Å². The molecule has 0 radical (unpaired) electrons. The van der Waals surface area contributed by atoms with Crippen LogP contribution in [0, 0.1) is 0 Å². The number of hydrogen-bond acceptors (Lipinski definition) is 1. The van der Waals surface area contributed by atoms with Gasteiger partial charge in [-0.1, -0.05) is 44.2 Å². The Kier molecular flexibility index (Phi) is 5.21. The van der Waals surface area contributed by atoms with E-state index in [1.165, 1.54) is 6.08 Å². The lowest BCUT2D eigenvalue weighted by atomic mass is 9.84. The van der Waals surface area contributed by atoms with Gasteiger partial charge in [0, 0.05) is 11.1 Å². The van der Waals surface area contributed by atoms with Gasteiger partial charge in [0.1, 0.15) is 0 Å². The molecule has 0 unspecified atom stereocenters. The smallest absolute Gasteiger partial charge is 0.252 e. The van der Waals surface area contributed by atoms with E-state index in [0.717, 1.165) is 18.4 Å². The SMILES string of the molecule is C=C=CC(=O)NC(CC)(CC)c1ccc(Cl)cc1. The van der Waals surface area contributed by atoms with Crippen molar-refractivity contribution in [3.63, 3.8) is 0 Å². The summed E-state index contributed by atoms with van der Waals surface area (Å²) < 4.78 is 0. The molecule has 3 heteroatoms. The van der Waals surface area contributed by atoms with Gasteiger partial charge in [-0.2, -0.15) is 0 Å². The van der Waals surface area contributed by atoms with Crippen molar-refractivity contribution in [2.45, 2.75) is 32.2 Å². The largest absolute Gasteiger partial charge is 0.343 e. The van der Waals surface area contributed by atoms with Crippen molar-refractivity contribution >= 4 is 17.5 Å². The summed E-state index contributed by atoms with van der Waals surface area (Å²) in [6.45, 7) is 7.51. The standard InChI is InChI=1S/C15H18ClNO/c1-4-7-14(18)17-15(5-2,6-3)12-8-10-13(16)11-9-12/h7-11H,1,5-6H2,2-3H3,(H,17,18). The molecule has 1 amide bonds. The zero-order chi connectivity index (χ0) is 13.6. The Morgan fingerprint density at radius 3 is 2.39 bits per heavy atom. The third-order valence-electron chi connectivity index (χ3n) is 3.20. The van der Waals surface area contributed by atoms with Crippen LogP contribution in [0.5, 0.6) is 0 Å². The second-order valence-electron chi connectivity index (χ2n) is 4.13. The van der Waals surface area contributed by atoms with Crippen molar-refractivity contribution in [1.29, 1.82) is 0 Å². The molecule has 0 atom stereocenters. The van der Waals surface area contributed by atoms with E-state index >= 15 is 0 Å². The zero-order valence-electron chi connectivity index (χ0n) is 10.8. The van der Waals surface area contributed by atoms with Gasteiger partial charge in [0.15, 0.2) is 0 Å². The predicted molar refractivity (Wildman–Crippen MR) is 75.6 cm³/mol. The molecule has 1 aromatic carbocycles. The van der Waals surface area contributed by atoms with Crippen molar-refractivity contribution in [2.75, 3.05) is 0 Å². The number of carbonyl (C=O) groups is 1. The van der Waals surface area contributed by atoms with Gasteiger partial charge >= 0.3 is 0 Å². The average Bonchev–Trinajstić information content (AvgIpc) is 2.37. The molecule has 1 aromatic rings. The van der Waals surface area contributed by atoms with E-state index in [0.29, 0.717) is 5.02 Å². The van der Waals surface area contributed by atoms with Crippen LogP contribution in [0.3, 0.4) is 0 Å². The Labute approximate surface area is 113 Å². The van der Waals surface area contributed by atoms with Crippen LogP contribution in [-0.4, -0.2) is 5.91 Å². The highest BCUT2D eigenvalue weighted by molar-refractivity contribution is 6.30. The van der Waals surface area contributed by atoms with Crippen molar-refractivity contribution < 1.29 is 4.79 Å². The number of benzene rings is 1. The summed E-state index contributed by atoms with van der Waals surface area (Å²) >= 11 is 5.89. The van der Waals surface area contributed by atoms with Crippen LogP contribution in [0.4, 0.5) is 0 Å². The fourth-order valence-electron chi connectivity index (χ4n) is 2.04. The van der Waals surface area contributed by atoms with Gasteiger partial charge in [-0.3, -0.25) is 4.79 Å². The van der Waals surface area contributed by atoms with E-state index in [9.17, 15) is 4.79 Å². The third-order valence-corrected chi connectivity index (χ3v) is 3.45. The van der Waals surface area contributed by atoms with Crippen LogP contribution in [0.2, 0.25) is 5.02 Å². The van der Waals surface area contributed by atoms with Crippen molar-refractivity contribution in [3.05, 3.63) is 53.2 Å². The molecule has 18 heavy (non-hydrogen) atoms. The first-order valence-electron chi connectivity index (χ1n) is 6.02. The molecule has 0 saturated heterocycles. The van der Waals surface area contributed by atoms with Gasteiger partial charge in [-0.05, 0) is 30.5 Å². The summed E-state index contributed by atoms with van der Waals surface area (Å²) in [5.74, 6) is -0.177. The highest BCUT2D eigenvalue weighted by atomic mass is 35.5. The van der Waals surface area contributed by atoms with Crippen LogP contribution in [0.25, 0.3) is 0 Å². The number of nitrogens with one attached hydrogen (secondary N) is 1. The molecule has 2 nitrogen and oxygen atoms in total. The van der Waals surface area contributed by atoms with Gasteiger partial charge in [-0.25, -0.2) is 0 Å². The molecule has 0 fully saturated rings. The van der Waals surface area contributed by atoms with E-state index in [2.05, 4.69) is 31.5 Å². The maximum Gasteiger partial charge on any atom is 0.252 e. The normalized spacial score (nSPS) is 10.6. The van der Waals surface area contributed by atoms with Crippen LogP contribution in [0.1, 0.15) is 32.3 Å². The summed E-state index contributed by atoms with van der Waals surface area (Å²) in [6.07, 6.45) is 2.93. The summed E-state index contributed by atoms with van der Waals surface area (Å²) in [6, 6.07) is 7.58. The van der Waals surface area contributed by atoms with E-state index < -0.39 is 0 Å². The summed E-state index contributed by atoms with van der Waals surface area (Å²) in [7, 11) is 0. The molecule has 0 bridgehead atoms. The third kappa shape index (κ3) is 3.25. The fraction of sp³-hybridized carbons (Fsp3) is 0.333. The van der Waals surface area contributed by atoms with Gasteiger partial charge in [0.05, 0.1) is 5.54 Å². The Balaban J connectivity index is 3.09. The Morgan fingerprint density at radius 1 is 1.39 bits per heavy atom. The summed E-state index contributed by atoms with van der Waals surface area (Å²) in [4.78, 5) is 11.7. The second-order valence-corrected chi connectivity index (χ2v) is 4.57. The quantitative estimate of drug-likeness (QED) is 0.635. The minimum absolute atomic E-state index is 0.177. The first kappa shape index (κ1) is 14.6. The topological polar surface area (TPSA) is 29.1 Å². The lowest BCUT2D eigenvalue weighted by Crippen LogP contribution is -2.44. The Hall–Kier alpha value is -1.50. The summed E-state index contributed by atoms with van der Waals surface area (Å²) in [5, 5.41) is 3.72. The predicted octanol–water partition coefficient (Wildman–Crippen LogP) is 3.81. The number of hydrogen-bond donors (Lipinski definition) is 1. The van der Waals surface area contributed by atoms with E-state index in [1.807, 2.05) is 24.3 Å². The van der Waals surface area contributed by atoms with E-state index in [1.54, 1.807) is 0 Å². The van der Waals surface area contributed by atoms with Gasteiger partial charge in [0.2, 0.25) is 0 Å². The highest BCUT2D eigenvalue weighted by Crippen LogP contribution is 2.29. The number of amides is 1. The van der Waals surface area contributed by atoms with Gasteiger partial charge < -0.3 is 5.32 Å². The molecular formula is C15H18ClNO. The summed E-state index contributed by atoms with van der Waals surface area (Å²) in [5.41, 5.74) is 3.18. The van der Waals surface area contributed by atoms with Crippen molar-refractivity contribution in [1.82, 2.24) is 5.32 Å². The molecule has 0 heterocycles.